The summed E-state index contributed by atoms with van der Waals surface area (Å²) in [6.45, 7) is 0. The van der Waals surface area contributed by atoms with E-state index in [1.807, 2.05) is 0 Å². The molecule has 0 atom stereocenters. The molecule has 0 aliphatic heterocycles. The SMILES string of the molecule is COc1cc(O)ccc1/C=N/NC(=O)c1ccncc1. The smallest absolute Gasteiger partial charge is 0.271 e. The zero-order chi connectivity index (χ0) is 14.4. The van der Waals surface area contributed by atoms with E-state index < -0.39 is 0 Å². The third-order valence-corrected chi connectivity index (χ3v) is 2.53. The Balaban J connectivity index is 2.05. The normalized spacial score (nSPS) is 10.4. The first-order valence-corrected chi connectivity index (χ1v) is 5.81. The van der Waals surface area contributed by atoms with E-state index >= 15 is 0 Å². The van der Waals surface area contributed by atoms with Crippen molar-refractivity contribution in [3.05, 3.63) is 53.9 Å². The van der Waals surface area contributed by atoms with Gasteiger partial charge in [0.25, 0.3) is 5.91 Å². The summed E-state index contributed by atoms with van der Waals surface area (Å²) in [6, 6.07) is 7.79. The molecule has 6 nitrogen and oxygen atoms in total. The number of hydrogen-bond acceptors (Lipinski definition) is 5. The molecule has 0 unspecified atom stereocenters. The number of pyridine rings is 1. The van der Waals surface area contributed by atoms with Crippen molar-refractivity contribution >= 4 is 12.1 Å². The second-order valence-electron chi connectivity index (χ2n) is 3.86. The van der Waals surface area contributed by atoms with Gasteiger partial charge in [-0.05, 0) is 24.3 Å². The van der Waals surface area contributed by atoms with Crippen molar-refractivity contribution in [1.29, 1.82) is 0 Å². The van der Waals surface area contributed by atoms with E-state index in [-0.39, 0.29) is 11.7 Å². The van der Waals surface area contributed by atoms with Crippen LogP contribution < -0.4 is 10.2 Å². The molecule has 0 fully saturated rings. The van der Waals surface area contributed by atoms with Gasteiger partial charge in [0.05, 0.1) is 13.3 Å². The lowest BCUT2D eigenvalue weighted by molar-refractivity contribution is 0.0955. The Kier molecular flexibility index (Phi) is 4.28. The number of nitrogens with zero attached hydrogens (tertiary/aromatic N) is 2. The molecule has 1 heterocycles. The minimum atomic E-state index is -0.332. The van der Waals surface area contributed by atoms with Gasteiger partial charge in [-0.1, -0.05) is 0 Å². The summed E-state index contributed by atoms with van der Waals surface area (Å²) in [5.74, 6) is 0.230. The maximum Gasteiger partial charge on any atom is 0.271 e. The average Bonchev–Trinajstić information content (AvgIpc) is 2.49. The Morgan fingerprint density at radius 2 is 2.10 bits per heavy atom. The quantitative estimate of drug-likeness (QED) is 0.653. The van der Waals surface area contributed by atoms with Crippen LogP contribution in [0.15, 0.2) is 47.8 Å². The minimum Gasteiger partial charge on any atom is -0.508 e. The van der Waals surface area contributed by atoms with Crippen LogP contribution in [-0.4, -0.2) is 29.3 Å². The number of amides is 1. The molecule has 0 spiro atoms. The van der Waals surface area contributed by atoms with Crippen LogP contribution >= 0.6 is 0 Å². The highest BCUT2D eigenvalue weighted by atomic mass is 16.5. The summed E-state index contributed by atoms with van der Waals surface area (Å²) in [5, 5.41) is 13.2. The molecule has 0 aliphatic rings. The fourth-order valence-electron chi connectivity index (χ4n) is 1.53. The van der Waals surface area contributed by atoms with E-state index in [1.54, 1.807) is 18.2 Å². The van der Waals surface area contributed by atoms with Gasteiger partial charge in [-0.2, -0.15) is 5.10 Å². The number of carbonyl (C=O) groups is 1. The van der Waals surface area contributed by atoms with Crippen molar-refractivity contribution in [2.75, 3.05) is 7.11 Å². The van der Waals surface area contributed by atoms with Crippen LogP contribution in [0.2, 0.25) is 0 Å². The molecule has 6 heteroatoms. The number of hydrogen-bond donors (Lipinski definition) is 2. The molecular formula is C14H13N3O3. The van der Waals surface area contributed by atoms with Crippen LogP contribution in [0.1, 0.15) is 15.9 Å². The first-order valence-electron chi connectivity index (χ1n) is 5.81. The van der Waals surface area contributed by atoms with Gasteiger partial charge in [-0.15, -0.1) is 0 Å². The maximum absolute atomic E-state index is 11.7. The van der Waals surface area contributed by atoms with Gasteiger partial charge in [0.1, 0.15) is 11.5 Å². The van der Waals surface area contributed by atoms with Crippen molar-refractivity contribution < 1.29 is 14.6 Å². The molecule has 0 bridgehead atoms. The summed E-state index contributed by atoms with van der Waals surface area (Å²) in [7, 11) is 1.49. The number of phenolic OH excluding ortho intramolecular Hbond substituents is 1. The summed E-state index contributed by atoms with van der Waals surface area (Å²) in [4.78, 5) is 15.5. The zero-order valence-electron chi connectivity index (χ0n) is 10.8. The molecule has 0 saturated carbocycles. The number of hydrazone groups is 1. The Morgan fingerprint density at radius 1 is 1.35 bits per heavy atom. The van der Waals surface area contributed by atoms with Gasteiger partial charge < -0.3 is 9.84 Å². The Bertz CT molecular complexity index is 627. The lowest BCUT2D eigenvalue weighted by Gasteiger charge is -2.04. The van der Waals surface area contributed by atoms with E-state index in [0.29, 0.717) is 16.9 Å². The fraction of sp³-hybridized carbons (Fsp3) is 0.0714. The average molecular weight is 271 g/mol. The van der Waals surface area contributed by atoms with Crippen LogP contribution in [0.5, 0.6) is 11.5 Å². The van der Waals surface area contributed by atoms with E-state index in [9.17, 15) is 9.90 Å². The molecule has 1 aromatic heterocycles. The number of phenols is 1. The van der Waals surface area contributed by atoms with Crippen molar-refractivity contribution in [2.45, 2.75) is 0 Å². The lowest BCUT2D eigenvalue weighted by atomic mass is 10.2. The largest absolute Gasteiger partial charge is 0.508 e. The molecule has 0 aliphatic carbocycles. The summed E-state index contributed by atoms with van der Waals surface area (Å²) in [5.41, 5.74) is 3.50. The van der Waals surface area contributed by atoms with Crippen LogP contribution in [0.4, 0.5) is 0 Å². The second-order valence-corrected chi connectivity index (χ2v) is 3.86. The number of nitrogens with one attached hydrogen (secondary N) is 1. The number of benzene rings is 1. The van der Waals surface area contributed by atoms with Gasteiger partial charge in [-0.25, -0.2) is 5.43 Å². The van der Waals surface area contributed by atoms with Crippen molar-refractivity contribution in [3.8, 4) is 11.5 Å². The standard InChI is InChI=1S/C14H13N3O3/c1-20-13-8-12(18)3-2-11(13)9-16-17-14(19)10-4-6-15-7-5-10/h2-9,18H,1H3,(H,17,19)/b16-9+. The Hall–Kier alpha value is -2.89. The Morgan fingerprint density at radius 3 is 2.80 bits per heavy atom. The number of aromatic nitrogens is 1. The second kappa shape index (κ2) is 6.33. The molecular weight excluding hydrogens is 258 g/mol. The fourth-order valence-corrected chi connectivity index (χ4v) is 1.53. The van der Waals surface area contributed by atoms with Crippen molar-refractivity contribution in [3.63, 3.8) is 0 Å². The topological polar surface area (TPSA) is 83.8 Å². The van der Waals surface area contributed by atoms with E-state index in [0.717, 1.165) is 0 Å². The summed E-state index contributed by atoms with van der Waals surface area (Å²) >= 11 is 0. The van der Waals surface area contributed by atoms with Crippen molar-refractivity contribution in [1.82, 2.24) is 10.4 Å². The van der Waals surface area contributed by atoms with Gasteiger partial charge in [0.2, 0.25) is 0 Å². The van der Waals surface area contributed by atoms with Crippen LogP contribution in [0, 0.1) is 0 Å². The maximum atomic E-state index is 11.7. The number of methoxy groups -OCH3 is 1. The minimum absolute atomic E-state index is 0.0971. The zero-order valence-corrected chi connectivity index (χ0v) is 10.8. The predicted octanol–water partition coefficient (Wildman–Crippen LogP) is 1.56. The molecule has 2 N–H and O–H groups in total. The highest BCUT2D eigenvalue weighted by Crippen LogP contribution is 2.21. The molecule has 0 saturated heterocycles. The highest BCUT2D eigenvalue weighted by Gasteiger charge is 2.04. The van der Waals surface area contributed by atoms with Crippen LogP contribution in [0.3, 0.4) is 0 Å². The first-order chi connectivity index (χ1) is 9.70. The summed E-state index contributed by atoms with van der Waals surface area (Å²) in [6.07, 6.45) is 4.50. The van der Waals surface area contributed by atoms with Gasteiger partial charge in [0.15, 0.2) is 0 Å². The van der Waals surface area contributed by atoms with Crippen LogP contribution in [-0.2, 0) is 0 Å². The third kappa shape index (κ3) is 3.32. The first kappa shape index (κ1) is 13.5. The van der Waals surface area contributed by atoms with Gasteiger partial charge in [-0.3, -0.25) is 9.78 Å². The molecule has 20 heavy (non-hydrogen) atoms. The number of ether oxygens (including phenoxy) is 1. The number of rotatable bonds is 4. The van der Waals surface area contributed by atoms with Gasteiger partial charge in [0, 0.05) is 29.6 Å². The molecule has 1 amide bonds. The number of carbonyl (C=O) groups excluding carboxylic acids is 1. The molecule has 102 valence electrons. The molecule has 0 radical (unpaired) electrons. The monoisotopic (exact) mass is 271 g/mol. The molecule has 1 aromatic carbocycles. The van der Waals surface area contributed by atoms with Crippen LogP contribution in [0.25, 0.3) is 0 Å². The molecule has 2 rings (SSSR count). The highest BCUT2D eigenvalue weighted by molar-refractivity contribution is 5.94. The Labute approximate surface area is 115 Å². The van der Waals surface area contributed by atoms with E-state index in [1.165, 1.54) is 37.9 Å². The van der Waals surface area contributed by atoms with Crippen molar-refractivity contribution in [2.24, 2.45) is 5.10 Å². The van der Waals surface area contributed by atoms with Gasteiger partial charge >= 0.3 is 0 Å². The van der Waals surface area contributed by atoms with E-state index in [4.69, 9.17) is 4.74 Å². The third-order valence-electron chi connectivity index (χ3n) is 2.53. The predicted molar refractivity (Wildman–Crippen MR) is 74.0 cm³/mol. The summed E-state index contributed by atoms with van der Waals surface area (Å²) < 4.78 is 5.10. The lowest BCUT2D eigenvalue weighted by Crippen LogP contribution is -2.17. The molecule has 2 aromatic rings. The number of aromatic hydroxyl groups is 1. The van der Waals surface area contributed by atoms with E-state index in [2.05, 4.69) is 15.5 Å².